The van der Waals surface area contributed by atoms with E-state index in [1.807, 2.05) is 43.1 Å². The lowest BCUT2D eigenvalue weighted by atomic mass is 9.92. The van der Waals surface area contributed by atoms with Gasteiger partial charge < -0.3 is 14.8 Å². The Balaban J connectivity index is 1.72. The summed E-state index contributed by atoms with van der Waals surface area (Å²) < 4.78 is 2.23. The van der Waals surface area contributed by atoms with Crippen molar-refractivity contribution in [3.8, 4) is 27.9 Å². The Morgan fingerprint density at radius 2 is 1.73 bits per heavy atom. The smallest absolute Gasteiger partial charge is 0.127 e. The molecule has 0 unspecified atom stereocenters. The molecular weight excluding hydrogens is 408 g/mol. The van der Waals surface area contributed by atoms with E-state index in [-0.39, 0.29) is 0 Å². The summed E-state index contributed by atoms with van der Waals surface area (Å²) in [6.07, 6.45) is 14.2. The van der Waals surface area contributed by atoms with Gasteiger partial charge in [0, 0.05) is 66.0 Å². The summed E-state index contributed by atoms with van der Waals surface area (Å²) in [4.78, 5) is 15.7. The van der Waals surface area contributed by atoms with Crippen LogP contribution < -0.4 is 5.32 Å². The molecule has 1 saturated carbocycles. The van der Waals surface area contributed by atoms with Gasteiger partial charge in [-0.2, -0.15) is 0 Å². The number of nitrogens with zero attached hydrogens (tertiary/aromatic N) is 5. The summed E-state index contributed by atoms with van der Waals surface area (Å²) in [5.74, 6) is 1.83. The predicted molar refractivity (Wildman–Crippen MR) is 132 cm³/mol. The highest BCUT2D eigenvalue weighted by Gasteiger charge is 2.23. The third-order valence-corrected chi connectivity index (χ3v) is 6.05. The zero-order chi connectivity index (χ0) is 22.6. The molecule has 1 N–H and O–H groups in total. The summed E-state index contributed by atoms with van der Waals surface area (Å²) in [7, 11) is 4.14. The lowest BCUT2D eigenvalue weighted by Gasteiger charge is -2.22. The van der Waals surface area contributed by atoms with Crippen LogP contribution in [0.2, 0.25) is 0 Å². The fraction of sp³-hybridized carbons (Fsp3) is 0.296. The summed E-state index contributed by atoms with van der Waals surface area (Å²) >= 11 is 0. The molecule has 1 aliphatic rings. The van der Waals surface area contributed by atoms with Crippen molar-refractivity contribution in [2.45, 2.75) is 25.9 Å². The molecule has 0 spiro atoms. The molecular formula is C27H30N6. The van der Waals surface area contributed by atoms with Crippen molar-refractivity contribution in [2.24, 2.45) is 5.92 Å². The fourth-order valence-electron chi connectivity index (χ4n) is 4.29. The third-order valence-electron chi connectivity index (χ3n) is 6.05. The van der Waals surface area contributed by atoms with E-state index in [4.69, 9.17) is 4.98 Å². The highest BCUT2D eigenvalue weighted by molar-refractivity contribution is 5.87. The molecule has 6 heteroatoms. The van der Waals surface area contributed by atoms with E-state index in [0.717, 1.165) is 53.8 Å². The van der Waals surface area contributed by atoms with Gasteiger partial charge in [-0.25, -0.2) is 4.98 Å². The average molecular weight is 439 g/mol. The maximum absolute atomic E-state index is 4.70. The van der Waals surface area contributed by atoms with Crippen LogP contribution in [0.15, 0.2) is 73.6 Å². The van der Waals surface area contributed by atoms with Crippen molar-refractivity contribution in [3.05, 3.63) is 85.0 Å². The first-order chi connectivity index (χ1) is 16.2. The summed E-state index contributed by atoms with van der Waals surface area (Å²) in [5, 5.41) is 3.69. The second-order valence-corrected chi connectivity index (χ2v) is 9.00. The van der Waals surface area contributed by atoms with Crippen LogP contribution in [0.25, 0.3) is 27.9 Å². The standard InChI is InChI=1S/C27H30N6/c1-32(2)19-25-31-13-14-33(25)27-24(21-5-3-11-28-16-21)10-9-23(18-30-15-20-7-8-20)26(27)22-6-4-12-29-17-22/h3-6,9-14,16-17,20,30H,7-8,15,18-19H2,1-2H3. The van der Waals surface area contributed by atoms with Crippen LogP contribution in [0.5, 0.6) is 0 Å². The molecule has 0 aliphatic heterocycles. The topological polar surface area (TPSA) is 58.9 Å². The van der Waals surface area contributed by atoms with Crippen LogP contribution in [0.1, 0.15) is 24.2 Å². The quantitative estimate of drug-likeness (QED) is 0.415. The molecule has 1 aliphatic carbocycles. The monoisotopic (exact) mass is 438 g/mol. The zero-order valence-electron chi connectivity index (χ0n) is 19.3. The highest BCUT2D eigenvalue weighted by Crippen LogP contribution is 2.38. The van der Waals surface area contributed by atoms with E-state index in [2.05, 4.69) is 69.3 Å². The van der Waals surface area contributed by atoms with Gasteiger partial charge in [-0.3, -0.25) is 9.97 Å². The molecule has 6 nitrogen and oxygen atoms in total. The molecule has 3 aromatic heterocycles. The molecule has 0 radical (unpaired) electrons. The van der Waals surface area contributed by atoms with Crippen LogP contribution in [0.4, 0.5) is 0 Å². The van der Waals surface area contributed by atoms with Crippen molar-refractivity contribution in [1.82, 2.24) is 29.7 Å². The summed E-state index contributed by atoms with van der Waals surface area (Å²) in [6, 6.07) is 12.7. The second-order valence-electron chi connectivity index (χ2n) is 9.00. The van der Waals surface area contributed by atoms with E-state index >= 15 is 0 Å². The van der Waals surface area contributed by atoms with E-state index < -0.39 is 0 Å². The Bertz CT molecular complexity index is 1200. The molecule has 168 valence electrons. The van der Waals surface area contributed by atoms with Crippen molar-refractivity contribution in [3.63, 3.8) is 0 Å². The molecule has 3 heterocycles. The number of rotatable bonds is 9. The van der Waals surface area contributed by atoms with E-state index in [0.29, 0.717) is 0 Å². The number of benzene rings is 1. The van der Waals surface area contributed by atoms with Crippen LogP contribution in [0, 0.1) is 5.92 Å². The molecule has 33 heavy (non-hydrogen) atoms. The molecule has 0 bridgehead atoms. The van der Waals surface area contributed by atoms with Crippen LogP contribution in [-0.4, -0.2) is 45.1 Å². The number of nitrogens with one attached hydrogen (secondary N) is 1. The Morgan fingerprint density at radius 3 is 2.39 bits per heavy atom. The van der Waals surface area contributed by atoms with Crippen molar-refractivity contribution in [1.29, 1.82) is 0 Å². The van der Waals surface area contributed by atoms with Gasteiger partial charge in [0.25, 0.3) is 0 Å². The minimum absolute atomic E-state index is 0.746. The first-order valence-electron chi connectivity index (χ1n) is 11.6. The Morgan fingerprint density at radius 1 is 0.970 bits per heavy atom. The van der Waals surface area contributed by atoms with Crippen molar-refractivity contribution < 1.29 is 0 Å². The molecule has 1 aromatic carbocycles. The molecule has 4 aromatic rings. The van der Waals surface area contributed by atoms with Gasteiger partial charge in [-0.05, 0) is 57.1 Å². The lowest BCUT2D eigenvalue weighted by Crippen LogP contribution is -2.18. The van der Waals surface area contributed by atoms with Gasteiger partial charge in [0.15, 0.2) is 0 Å². The van der Waals surface area contributed by atoms with Crippen LogP contribution in [0.3, 0.4) is 0 Å². The zero-order valence-corrected chi connectivity index (χ0v) is 19.3. The normalized spacial score (nSPS) is 13.5. The largest absolute Gasteiger partial charge is 0.312 e. The fourth-order valence-corrected chi connectivity index (χ4v) is 4.29. The lowest BCUT2D eigenvalue weighted by molar-refractivity contribution is 0.388. The molecule has 5 rings (SSSR count). The molecule has 0 atom stereocenters. The van der Waals surface area contributed by atoms with Gasteiger partial charge in [-0.15, -0.1) is 0 Å². The Labute approximate surface area is 195 Å². The molecule has 0 saturated heterocycles. The first-order valence-corrected chi connectivity index (χ1v) is 11.6. The van der Waals surface area contributed by atoms with Crippen LogP contribution >= 0.6 is 0 Å². The van der Waals surface area contributed by atoms with Gasteiger partial charge in [0.1, 0.15) is 5.82 Å². The van der Waals surface area contributed by atoms with Gasteiger partial charge in [-0.1, -0.05) is 24.3 Å². The number of pyridine rings is 2. The first kappa shape index (κ1) is 21.5. The third kappa shape index (κ3) is 4.87. The highest BCUT2D eigenvalue weighted by atomic mass is 15.1. The number of hydrogen-bond donors (Lipinski definition) is 1. The van der Waals surface area contributed by atoms with Crippen molar-refractivity contribution in [2.75, 3.05) is 20.6 Å². The van der Waals surface area contributed by atoms with Crippen molar-refractivity contribution >= 4 is 0 Å². The maximum Gasteiger partial charge on any atom is 0.127 e. The van der Waals surface area contributed by atoms with Gasteiger partial charge >= 0.3 is 0 Å². The van der Waals surface area contributed by atoms with Gasteiger partial charge in [0.2, 0.25) is 0 Å². The summed E-state index contributed by atoms with van der Waals surface area (Å²) in [6.45, 7) is 2.64. The van der Waals surface area contributed by atoms with Crippen LogP contribution in [-0.2, 0) is 13.1 Å². The minimum Gasteiger partial charge on any atom is -0.312 e. The van der Waals surface area contributed by atoms with E-state index in [1.54, 1.807) is 0 Å². The predicted octanol–water partition coefficient (Wildman–Crippen LogP) is 4.56. The van der Waals surface area contributed by atoms with E-state index in [1.165, 1.54) is 24.0 Å². The second kappa shape index (κ2) is 9.65. The number of aromatic nitrogens is 4. The SMILES string of the molecule is CN(C)Cc1nccn1-c1c(-c2cccnc2)ccc(CNCC2CC2)c1-c1cccnc1. The number of imidazole rings is 1. The average Bonchev–Trinajstić information content (AvgIpc) is 3.56. The Hall–Kier alpha value is -3.35. The van der Waals surface area contributed by atoms with Gasteiger partial charge in [0.05, 0.1) is 12.2 Å². The Kier molecular flexibility index (Phi) is 6.28. The maximum atomic E-state index is 4.70. The number of hydrogen-bond acceptors (Lipinski definition) is 5. The van der Waals surface area contributed by atoms with E-state index in [9.17, 15) is 0 Å². The molecule has 1 fully saturated rings. The minimum atomic E-state index is 0.746. The molecule has 0 amide bonds. The summed E-state index contributed by atoms with van der Waals surface area (Å²) in [5.41, 5.74) is 6.88.